The highest BCUT2D eigenvalue weighted by Crippen LogP contribution is 2.38. The number of rotatable bonds is 3. The van der Waals surface area contributed by atoms with Crippen molar-refractivity contribution in [3.63, 3.8) is 0 Å². The summed E-state index contributed by atoms with van der Waals surface area (Å²) in [6.07, 6.45) is 4.18. The third-order valence-electron chi connectivity index (χ3n) is 4.07. The lowest BCUT2D eigenvalue weighted by atomic mass is 9.75. The second-order valence-electron chi connectivity index (χ2n) is 5.75. The molecule has 0 spiro atoms. The molecule has 1 heterocycles. The van der Waals surface area contributed by atoms with Gasteiger partial charge in [0, 0.05) is 6.04 Å². The predicted octanol–water partition coefficient (Wildman–Crippen LogP) is 4.71. The second-order valence-corrected chi connectivity index (χ2v) is 6.11. The van der Waals surface area contributed by atoms with Crippen LogP contribution in [0.4, 0.5) is 5.69 Å². The molecule has 1 aliphatic rings. The smallest absolute Gasteiger partial charge is 0.132 e. The van der Waals surface area contributed by atoms with Gasteiger partial charge in [0.2, 0.25) is 0 Å². The summed E-state index contributed by atoms with van der Waals surface area (Å²) in [6.45, 7) is 4.11. The number of hydrogen-bond acceptors (Lipinski definition) is 2. The molecule has 0 saturated heterocycles. The fraction of sp³-hybridized carbons (Fsp3) is 0.353. The van der Waals surface area contributed by atoms with Gasteiger partial charge in [-0.25, -0.2) is 4.98 Å². The van der Waals surface area contributed by atoms with Crippen LogP contribution >= 0.6 is 11.6 Å². The van der Waals surface area contributed by atoms with Gasteiger partial charge in [0.15, 0.2) is 0 Å². The molecule has 3 rings (SSSR count). The van der Waals surface area contributed by atoms with Crippen molar-refractivity contribution in [3.05, 3.63) is 58.4 Å². The molecule has 0 unspecified atom stereocenters. The van der Waals surface area contributed by atoms with Crippen LogP contribution in [0.5, 0.6) is 0 Å². The zero-order valence-electron chi connectivity index (χ0n) is 11.9. The molecule has 1 aliphatic carbocycles. The number of aromatic nitrogens is 1. The van der Waals surface area contributed by atoms with Gasteiger partial charge in [0.1, 0.15) is 5.15 Å². The Balaban J connectivity index is 1.58. The van der Waals surface area contributed by atoms with Gasteiger partial charge in [-0.15, -0.1) is 0 Å². The zero-order chi connectivity index (χ0) is 14.1. The maximum atomic E-state index is 5.94. The third kappa shape index (κ3) is 2.80. The monoisotopic (exact) mass is 286 g/mol. The van der Waals surface area contributed by atoms with E-state index in [1.807, 2.05) is 13.1 Å². The Morgan fingerprint density at radius 1 is 1.15 bits per heavy atom. The van der Waals surface area contributed by atoms with E-state index in [1.165, 1.54) is 24.0 Å². The Labute approximate surface area is 125 Å². The van der Waals surface area contributed by atoms with Crippen molar-refractivity contribution < 1.29 is 0 Å². The number of hydrogen-bond donors (Lipinski definition) is 1. The molecule has 1 aromatic carbocycles. The first-order valence-electron chi connectivity index (χ1n) is 7.07. The normalized spacial score (nSPS) is 21.4. The summed E-state index contributed by atoms with van der Waals surface area (Å²) in [6, 6.07) is 11.5. The van der Waals surface area contributed by atoms with Crippen molar-refractivity contribution >= 4 is 17.3 Å². The van der Waals surface area contributed by atoms with E-state index < -0.39 is 0 Å². The molecular formula is C17H19ClN2. The first-order valence-corrected chi connectivity index (χ1v) is 7.45. The van der Waals surface area contributed by atoms with Crippen molar-refractivity contribution in [2.45, 2.75) is 38.6 Å². The molecule has 1 N–H and O–H groups in total. The van der Waals surface area contributed by atoms with E-state index in [2.05, 4.69) is 47.6 Å². The Hall–Kier alpha value is -1.54. The maximum Gasteiger partial charge on any atom is 0.132 e. The van der Waals surface area contributed by atoms with Crippen LogP contribution in [0.3, 0.4) is 0 Å². The van der Waals surface area contributed by atoms with Crippen LogP contribution in [-0.2, 0) is 0 Å². The number of halogens is 1. The minimum atomic E-state index is 0.545. The van der Waals surface area contributed by atoms with E-state index in [9.17, 15) is 0 Å². The fourth-order valence-corrected chi connectivity index (χ4v) is 2.82. The van der Waals surface area contributed by atoms with E-state index in [-0.39, 0.29) is 0 Å². The SMILES string of the molecule is Cc1ccc(C2CC(Nc3cnc(Cl)c(C)c3)C2)cc1. The predicted molar refractivity (Wildman–Crippen MR) is 84.5 cm³/mol. The van der Waals surface area contributed by atoms with Crippen LogP contribution in [0.15, 0.2) is 36.5 Å². The average Bonchev–Trinajstić information content (AvgIpc) is 2.39. The molecule has 0 aliphatic heterocycles. The lowest BCUT2D eigenvalue weighted by molar-refractivity contribution is 0.374. The molecular weight excluding hydrogens is 268 g/mol. The topological polar surface area (TPSA) is 24.9 Å². The highest BCUT2D eigenvalue weighted by molar-refractivity contribution is 6.30. The van der Waals surface area contributed by atoms with Crippen molar-refractivity contribution in [1.82, 2.24) is 4.98 Å². The van der Waals surface area contributed by atoms with Gasteiger partial charge in [-0.1, -0.05) is 41.4 Å². The summed E-state index contributed by atoms with van der Waals surface area (Å²) >= 11 is 5.94. The average molecular weight is 287 g/mol. The van der Waals surface area contributed by atoms with Crippen molar-refractivity contribution in [3.8, 4) is 0 Å². The Kier molecular flexibility index (Phi) is 3.66. The highest BCUT2D eigenvalue weighted by Gasteiger charge is 2.30. The van der Waals surface area contributed by atoms with Gasteiger partial charge in [-0.2, -0.15) is 0 Å². The Morgan fingerprint density at radius 3 is 2.50 bits per heavy atom. The number of benzene rings is 1. The molecule has 2 aromatic rings. The van der Waals surface area contributed by atoms with E-state index in [0.717, 1.165) is 11.3 Å². The lowest BCUT2D eigenvalue weighted by Crippen LogP contribution is -2.34. The fourth-order valence-electron chi connectivity index (χ4n) is 2.72. The molecule has 1 fully saturated rings. The minimum absolute atomic E-state index is 0.545. The second kappa shape index (κ2) is 5.45. The molecule has 3 heteroatoms. The molecule has 1 saturated carbocycles. The summed E-state index contributed by atoms with van der Waals surface area (Å²) < 4.78 is 0. The van der Waals surface area contributed by atoms with Crippen LogP contribution in [0.25, 0.3) is 0 Å². The van der Waals surface area contributed by atoms with Crippen LogP contribution < -0.4 is 5.32 Å². The van der Waals surface area contributed by atoms with Crippen LogP contribution in [0, 0.1) is 13.8 Å². The Morgan fingerprint density at radius 2 is 1.85 bits per heavy atom. The number of aryl methyl sites for hydroxylation is 2. The Bertz CT molecular complexity index is 601. The summed E-state index contributed by atoms with van der Waals surface area (Å²) in [5, 5.41) is 4.12. The van der Waals surface area contributed by atoms with Crippen LogP contribution in [-0.4, -0.2) is 11.0 Å². The van der Waals surface area contributed by atoms with Crippen molar-refractivity contribution in [2.24, 2.45) is 0 Å². The van der Waals surface area contributed by atoms with E-state index in [0.29, 0.717) is 17.1 Å². The number of nitrogens with zero attached hydrogens (tertiary/aromatic N) is 1. The van der Waals surface area contributed by atoms with E-state index >= 15 is 0 Å². The van der Waals surface area contributed by atoms with Crippen LogP contribution in [0.1, 0.15) is 35.4 Å². The van der Waals surface area contributed by atoms with Gasteiger partial charge in [0.05, 0.1) is 11.9 Å². The van der Waals surface area contributed by atoms with Gasteiger partial charge >= 0.3 is 0 Å². The summed E-state index contributed by atoms with van der Waals surface area (Å²) in [7, 11) is 0. The van der Waals surface area contributed by atoms with Gasteiger partial charge in [-0.3, -0.25) is 0 Å². The zero-order valence-corrected chi connectivity index (χ0v) is 12.6. The lowest BCUT2D eigenvalue weighted by Gasteiger charge is -2.37. The quantitative estimate of drug-likeness (QED) is 0.827. The molecule has 0 bridgehead atoms. The molecule has 0 radical (unpaired) electrons. The molecule has 104 valence electrons. The minimum Gasteiger partial charge on any atom is -0.381 e. The highest BCUT2D eigenvalue weighted by atomic mass is 35.5. The molecule has 1 aromatic heterocycles. The molecule has 0 amide bonds. The summed E-state index contributed by atoms with van der Waals surface area (Å²) in [5.41, 5.74) is 4.87. The third-order valence-corrected chi connectivity index (χ3v) is 4.47. The van der Waals surface area contributed by atoms with Gasteiger partial charge in [0.25, 0.3) is 0 Å². The number of anilines is 1. The number of pyridine rings is 1. The van der Waals surface area contributed by atoms with Crippen molar-refractivity contribution in [2.75, 3.05) is 5.32 Å². The molecule has 2 nitrogen and oxygen atoms in total. The standard InChI is InChI=1S/C17H19ClN2/c1-11-3-5-13(6-4-11)14-8-15(9-14)20-16-7-12(2)17(18)19-10-16/h3-7,10,14-15,20H,8-9H2,1-2H3. The van der Waals surface area contributed by atoms with Gasteiger partial charge in [-0.05, 0) is 49.8 Å². The molecule has 20 heavy (non-hydrogen) atoms. The van der Waals surface area contributed by atoms with Crippen LogP contribution in [0.2, 0.25) is 5.15 Å². The van der Waals surface area contributed by atoms with Gasteiger partial charge < -0.3 is 5.32 Å². The summed E-state index contributed by atoms with van der Waals surface area (Å²) in [4.78, 5) is 4.18. The summed E-state index contributed by atoms with van der Waals surface area (Å²) in [5.74, 6) is 0.689. The van der Waals surface area contributed by atoms with E-state index in [4.69, 9.17) is 11.6 Å². The number of nitrogens with one attached hydrogen (secondary N) is 1. The molecule has 0 atom stereocenters. The largest absolute Gasteiger partial charge is 0.381 e. The van der Waals surface area contributed by atoms with E-state index in [1.54, 1.807) is 0 Å². The first kappa shape index (κ1) is 13.4. The maximum absolute atomic E-state index is 5.94. The van der Waals surface area contributed by atoms with Crippen molar-refractivity contribution in [1.29, 1.82) is 0 Å². The first-order chi connectivity index (χ1) is 9.61.